The standard InChI is InChI=1S/C30H46O8/c1-16-24(32)25(33)26(35-4)27(37-16)38-19-7-10-28(2)18(14-19)5-6-22-21(28)8-11-29(3)20(9-12-30(22,29)34)17-13-23(31)36-15-17/h13,16,18-22,24-27,32-34H,5-12,14-15H2,1-4H3. The fraction of sp³-hybridized carbons (Fsp3) is 0.900. The van der Waals surface area contributed by atoms with Crippen molar-refractivity contribution in [3.8, 4) is 0 Å². The van der Waals surface area contributed by atoms with Gasteiger partial charge < -0.3 is 34.3 Å². The molecule has 8 heteroatoms. The maximum Gasteiger partial charge on any atom is 0.331 e. The number of cyclic esters (lactones) is 1. The highest BCUT2D eigenvalue weighted by Gasteiger charge is 2.67. The summed E-state index contributed by atoms with van der Waals surface area (Å²) in [7, 11) is 1.51. The van der Waals surface area contributed by atoms with Crippen molar-refractivity contribution in [2.24, 2.45) is 34.5 Å². The predicted molar refractivity (Wildman–Crippen MR) is 138 cm³/mol. The molecule has 2 heterocycles. The minimum Gasteiger partial charge on any atom is -0.458 e. The number of hydrogen-bond donors (Lipinski definition) is 3. The largest absolute Gasteiger partial charge is 0.458 e. The van der Waals surface area contributed by atoms with Crippen molar-refractivity contribution in [3.05, 3.63) is 11.6 Å². The summed E-state index contributed by atoms with van der Waals surface area (Å²) in [5, 5.41) is 33.1. The van der Waals surface area contributed by atoms with E-state index in [9.17, 15) is 20.1 Å². The lowest BCUT2D eigenvalue weighted by molar-refractivity contribution is -0.314. The molecule has 2 aliphatic heterocycles. The van der Waals surface area contributed by atoms with Crippen molar-refractivity contribution in [2.75, 3.05) is 13.7 Å². The Morgan fingerprint density at radius 2 is 1.79 bits per heavy atom. The monoisotopic (exact) mass is 534 g/mol. The van der Waals surface area contributed by atoms with Gasteiger partial charge in [-0.3, -0.25) is 0 Å². The number of rotatable bonds is 4. The van der Waals surface area contributed by atoms with Gasteiger partial charge in [-0.1, -0.05) is 13.8 Å². The number of esters is 1. The molecule has 4 aliphatic carbocycles. The third-order valence-corrected chi connectivity index (χ3v) is 12.3. The molecule has 6 aliphatic rings. The van der Waals surface area contributed by atoms with Crippen molar-refractivity contribution >= 4 is 5.97 Å². The third-order valence-electron chi connectivity index (χ3n) is 12.3. The Morgan fingerprint density at radius 1 is 1.00 bits per heavy atom. The van der Waals surface area contributed by atoms with Crippen molar-refractivity contribution in [1.29, 1.82) is 0 Å². The van der Waals surface area contributed by atoms with Gasteiger partial charge in [0.05, 0.1) is 17.8 Å². The quantitative estimate of drug-likeness (QED) is 0.372. The predicted octanol–water partition coefficient (Wildman–Crippen LogP) is 3.11. The molecule has 13 unspecified atom stereocenters. The van der Waals surface area contributed by atoms with Gasteiger partial charge in [0, 0.05) is 18.6 Å². The molecule has 1 saturated heterocycles. The Balaban J connectivity index is 1.16. The van der Waals surface area contributed by atoms with Gasteiger partial charge in [0.2, 0.25) is 0 Å². The normalized spacial score (nSPS) is 54.5. The molecule has 0 radical (unpaired) electrons. The first-order valence-electron chi connectivity index (χ1n) is 14.8. The van der Waals surface area contributed by atoms with Crippen molar-refractivity contribution in [2.45, 2.75) is 121 Å². The van der Waals surface area contributed by atoms with E-state index in [1.807, 2.05) is 0 Å². The molecule has 6 rings (SSSR count). The molecule has 0 spiro atoms. The average molecular weight is 535 g/mol. The van der Waals surface area contributed by atoms with Crippen molar-refractivity contribution in [3.63, 3.8) is 0 Å². The second-order valence-electron chi connectivity index (χ2n) is 13.7. The number of methoxy groups -OCH3 is 1. The lowest BCUT2D eigenvalue weighted by Gasteiger charge is -2.64. The lowest BCUT2D eigenvalue weighted by Crippen LogP contribution is -2.62. The van der Waals surface area contributed by atoms with Crippen LogP contribution in [0.4, 0.5) is 0 Å². The van der Waals surface area contributed by atoms with Crippen LogP contribution in [0.1, 0.15) is 78.6 Å². The highest BCUT2D eigenvalue weighted by atomic mass is 16.7. The Kier molecular flexibility index (Phi) is 6.80. The first-order chi connectivity index (χ1) is 18.0. The van der Waals surface area contributed by atoms with E-state index in [-0.39, 0.29) is 34.7 Å². The van der Waals surface area contributed by atoms with Crippen molar-refractivity contribution < 1.29 is 39.1 Å². The Hall–Kier alpha value is -1.03. The maximum absolute atomic E-state index is 12.4. The maximum atomic E-state index is 12.4. The minimum atomic E-state index is -1.05. The summed E-state index contributed by atoms with van der Waals surface area (Å²) in [6, 6.07) is 0. The fourth-order valence-corrected chi connectivity index (χ4v) is 10.0. The van der Waals surface area contributed by atoms with Crippen LogP contribution in [0, 0.1) is 34.5 Å². The van der Waals surface area contributed by atoms with Gasteiger partial charge >= 0.3 is 5.97 Å². The van der Waals surface area contributed by atoms with Crippen LogP contribution in [0.5, 0.6) is 0 Å². The Labute approximate surface area is 226 Å². The number of ether oxygens (including phenoxy) is 4. The SMILES string of the molecule is COC1C(OC2CCC3(C)C(CCC4C3CCC3(C)C(C5=CC(=O)OC5)CCC43O)C2)OC(C)C(O)C1O. The third kappa shape index (κ3) is 3.88. The lowest BCUT2D eigenvalue weighted by atomic mass is 9.43. The Morgan fingerprint density at radius 3 is 2.50 bits per heavy atom. The summed E-state index contributed by atoms with van der Waals surface area (Å²) in [6.07, 6.45) is 6.50. The van der Waals surface area contributed by atoms with Crippen LogP contribution in [0.2, 0.25) is 0 Å². The summed E-state index contributed by atoms with van der Waals surface area (Å²) in [4.78, 5) is 11.8. The summed E-state index contributed by atoms with van der Waals surface area (Å²) < 4.78 is 23.1. The van der Waals surface area contributed by atoms with Crippen LogP contribution in [-0.2, 0) is 23.7 Å². The number of carbonyl (C=O) groups is 1. The molecule has 4 saturated carbocycles. The van der Waals surface area contributed by atoms with Gasteiger partial charge in [-0.2, -0.15) is 0 Å². The molecular weight excluding hydrogens is 488 g/mol. The zero-order chi connectivity index (χ0) is 27.0. The van der Waals surface area contributed by atoms with E-state index >= 15 is 0 Å². The number of aliphatic hydroxyl groups is 3. The topological polar surface area (TPSA) is 115 Å². The smallest absolute Gasteiger partial charge is 0.331 e. The van der Waals surface area contributed by atoms with Gasteiger partial charge in [-0.05, 0) is 99.4 Å². The molecule has 13 atom stereocenters. The number of hydrogen-bond acceptors (Lipinski definition) is 8. The van der Waals surface area contributed by atoms with Crippen LogP contribution in [0.25, 0.3) is 0 Å². The second-order valence-corrected chi connectivity index (χ2v) is 13.7. The van der Waals surface area contributed by atoms with E-state index in [2.05, 4.69) is 13.8 Å². The molecular formula is C30H46O8. The summed E-state index contributed by atoms with van der Waals surface area (Å²) in [5.41, 5.74) is 0.312. The molecule has 3 N–H and O–H groups in total. The van der Waals surface area contributed by atoms with Crippen LogP contribution in [0.15, 0.2) is 11.6 Å². The minimum absolute atomic E-state index is 0.0153. The van der Waals surface area contributed by atoms with E-state index < -0.39 is 36.3 Å². The Bertz CT molecular complexity index is 968. The van der Waals surface area contributed by atoms with E-state index in [1.54, 1.807) is 13.0 Å². The van der Waals surface area contributed by atoms with Gasteiger partial charge in [0.25, 0.3) is 0 Å². The summed E-state index contributed by atoms with van der Waals surface area (Å²) in [6.45, 7) is 6.85. The molecule has 0 aromatic rings. The van der Waals surface area contributed by atoms with Crippen LogP contribution >= 0.6 is 0 Å². The number of aliphatic hydroxyl groups excluding tert-OH is 2. The van der Waals surface area contributed by atoms with E-state index in [1.165, 1.54) is 7.11 Å². The van der Waals surface area contributed by atoms with E-state index in [0.717, 1.165) is 63.4 Å². The summed E-state index contributed by atoms with van der Waals surface area (Å²) >= 11 is 0. The molecule has 5 fully saturated rings. The highest BCUT2D eigenvalue weighted by Crippen LogP contribution is 2.70. The molecule has 8 nitrogen and oxygen atoms in total. The van der Waals surface area contributed by atoms with Crippen LogP contribution < -0.4 is 0 Å². The number of carbonyl (C=O) groups excluding carboxylic acids is 1. The highest BCUT2D eigenvalue weighted by molar-refractivity contribution is 5.85. The first kappa shape index (κ1) is 27.2. The van der Waals surface area contributed by atoms with Crippen molar-refractivity contribution in [1.82, 2.24) is 0 Å². The zero-order valence-corrected chi connectivity index (χ0v) is 23.3. The van der Waals surface area contributed by atoms with E-state index in [0.29, 0.717) is 18.4 Å². The number of fused-ring (bicyclic) bond motifs is 5. The van der Waals surface area contributed by atoms with E-state index in [4.69, 9.17) is 18.9 Å². The molecule has 0 amide bonds. The fourth-order valence-electron chi connectivity index (χ4n) is 10.0. The first-order valence-corrected chi connectivity index (χ1v) is 14.8. The zero-order valence-electron chi connectivity index (χ0n) is 23.3. The van der Waals surface area contributed by atoms with Gasteiger partial charge in [0.1, 0.15) is 24.9 Å². The summed E-state index contributed by atoms with van der Waals surface area (Å²) in [5.74, 6) is 1.24. The van der Waals surface area contributed by atoms with Gasteiger partial charge in [-0.15, -0.1) is 0 Å². The van der Waals surface area contributed by atoms with Crippen LogP contribution in [0.3, 0.4) is 0 Å². The molecule has 214 valence electrons. The second kappa shape index (κ2) is 9.52. The molecule has 0 aromatic heterocycles. The van der Waals surface area contributed by atoms with Gasteiger partial charge in [-0.25, -0.2) is 4.79 Å². The van der Waals surface area contributed by atoms with Gasteiger partial charge in [0.15, 0.2) is 6.29 Å². The molecule has 0 aromatic carbocycles. The average Bonchev–Trinajstić information content (AvgIpc) is 3.43. The van der Waals surface area contributed by atoms with Crippen LogP contribution in [-0.4, -0.2) is 77.4 Å². The molecule has 38 heavy (non-hydrogen) atoms. The molecule has 0 bridgehead atoms.